The summed E-state index contributed by atoms with van der Waals surface area (Å²) in [5.41, 5.74) is 0. The molecule has 0 radical (unpaired) electrons. The first-order valence-electron chi connectivity index (χ1n) is 1.58. The fourth-order valence-corrected chi connectivity index (χ4v) is 1.04. The molecule has 0 amide bonds. The molecule has 0 saturated carbocycles. The fourth-order valence-electron chi connectivity index (χ4n) is 0.115. The molecule has 0 aromatic heterocycles. The van der Waals surface area contributed by atoms with Crippen LogP contribution in [0.25, 0.3) is 0 Å². The molecule has 0 aromatic carbocycles. The van der Waals surface area contributed by atoms with Gasteiger partial charge in [0.15, 0.2) is 0 Å². The SMILES string of the molecule is O=S(=O)([O-])N(O)S(=O)(=O)O.[K+].[K+]. The quantitative estimate of drug-likeness (QED) is 0.289. The third-order valence-electron chi connectivity index (χ3n) is 0.389. The average molecular weight is 270 g/mol. The molecule has 0 saturated heterocycles. The molecule has 0 aliphatic heterocycles. The van der Waals surface area contributed by atoms with Crippen molar-refractivity contribution in [3.8, 4) is 0 Å². The van der Waals surface area contributed by atoms with E-state index in [0.717, 1.165) is 0 Å². The fraction of sp³-hybridized carbons (Fsp3) is 0. The smallest absolute Gasteiger partial charge is 0.733 e. The third kappa shape index (κ3) is 8.33. The van der Waals surface area contributed by atoms with Crippen LogP contribution in [0.4, 0.5) is 0 Å². The van der Waals surface area contributed by atoms with Gasteiger partial charge in [-0.25, -0.2) is 8.42 Å². The van der Waals surface area contributed by atoms with Crippen molar-refractivity contribution < 1.29 is 134 Å². The standard InChI is InChI=1S/2K.H3NO7S2/c;;2-1(9(3,4)5)10(6,7)8/h;;2H,(H,3,4,5)(H,6,7,8)/q2*+1;/p-1. The number of hydrogen-bond acceptors (Lipinski definition) is 6. The first-order valence-corrected chi connectivity index (χ1v) is 4.34. The van der Waals surface area contributed by atoms with Crippen molar-refractivity contribution in [2.45, 2.75) is 0 Å². The summed E-state index contributed by atoms with van der Waals surface area (Å²) in [5, 5.41) is 7.82. The molecular formula is H2K2NO7S2+. The van der Waals surface area contributed by atoms with Crippen molar-refractivity contribution in [3.63, 3.8) is 0 Å². The van der Waals surface area contributed by atoms with Crippen LogP contribution in [0.3, 0.4) is 0 Å². The zero-order chi connectivity index (χ0) is 8.58. The molecule has 8 nitrogen and oxygen atoms in total. The topological polar surface area (TPSA) is 135 Å². The summed E-state index contributed by atoms with van der Waals surface area (Å²) in [5.74, 6) is 0. The first-order chi connectivity index (χ1) is 4.15. The van der Waals surface area contributed by atoms with E-state index in [4.69, 9.17) is 9.76 Å². The van der Waals surface area contributed by atoms with Gasteiger partial charge in [-0.1, -0.05) is 0 Å². The zero-order valence-electron chi connectivity index (χ0n) is 6.20. The predicted octanol–water partition coefficient (Wildman–Crippen LogP) is -8.05. The largest absolute Gasteiger partial charge is 1.00 e. The van der Waals surface area contributed by atoms with Crippen molar-refractivity contribution in [1.82, 2.24) is 3.87 Å². The predicted molar refractivity (Wildman–Crippen MR) is 24.9 cm³/mol. The van der Waals surface area contributed by atoms with Gasteiger partial charge in [-0.3, -0.25) is 9.76 Å². The van der Waals surface area contributed by atoms with Crippen molar-refractivity contribution >= 4 is 20.6 Å². The van der Waals surface area contributed by atoms with Crippen LogP contribution in [0, 0.1) is 0 Å². The van der Waals surface area contributed by atoms with Crippen LogP contribution in [-0.2, 0) is 20.6 Å². The maximum Gasteiger partial charge on any atom is 1.00 e. The van der Waals surface area contributed by atoms with E-state index in [1.807, 2.05) is 0 Å². The van der Waals surface area contributed by atoms with Gasteiger partial charge in [0, 0.05) is 3.87 Å². The normalized spacial score (nSPS) is 11.7. The molecule has 0 rings (SSSR count). The number of nitrogens with zero attached hydrogens (tertiary/aromatic N) is 1. The van der Waals surface area contributed by atoms with Gasteiger partial charge in [-0.05, 0) is 0 Å². The summed E-state index contributed by atoms with van der Waals surface area (Å²) in [6.45, 7) is 0. The molecule has 0 fully saturated rings. The second-order valence-corrected chi connectivity index (χ2v) is 3.79. The van der Waals surface area contributed by atoms with Crippen molar-refractivity contribution in [2.75, 3.05) is 0 Å². The summed E-state index contributed by atoms with van der Waals surface area (Å²) in [7, 11) is -10.9. The van der Waals surface area contributed by atoms with Crippen LogP contribution in [-0.4, -0.2) is 35.0 Å². The Morgan fingerprint density at radius 3 is 1.33 bits per heavy atom. The molecule has 12 heteroatoms. The zero-order valence-corrected chi connectivity index (χ0v) is 14.1. The Hall–Kier alpha value is 3.01. The van der Waals surface area contributed by atoms with Crippen LogP contribution < -0.4 is 103 Å². The molecule has 0 atom stereocenters. The van der Waals surface area contributed by atoms with Gasteiger partial charge in [-0.2, -0.15) is 8.42 Å². The second kappa shape index (κ2) is 7.31. The summed E-state index contributed by atoms with van der Waals surface area (Å²) >= 11 is 0. The molecule has 0 aliphatic rings. The Labute approximate surface area is 154 Å². The van der Waals surface area contributed by atoms with Crippen molar-refractivity contribution in [2.24, 2.45) is 0 Å². The molecule has 62 valence electrons. The molecule has 0 bridgehead atoms. The monoisotopic (exact) mass is 270 g/mol. The first kappa shape index (κ1) is 20.4. The molecule has 0 unspecified atom stereocenters. The molecule has 0 spiro atoms. The van der Waals surface area contributed by atoms with Gasteiger partial charge < -0.3 is 4.55 Å². The van der Waals surface area contributed by atoms with E-state index in [1.54, 1.807) is 0 Å². The molecule has 0 aromatic rings. The van der Waals surface area contributed by atoms with Crippen molar-refractivity contribution in [3.05, 3.63) is 0 Å². The van der Waals surface area contributed by atoms with Crippen molar-refractivity contribution in [1.29, 1.82) is 0 Å². The molecule has 0 heterocycles. The number of hydrogen-bond donors (Lipinski definition) is 2. The summed E-state index contributed by atoms with van der Waals surface area (Å²) in [6, 6.07) is 0. The van der Waals surface area contributed by atoms with E-state index >= 15 is 0 Å². The van der Waals surface area contributed by atoms with Crippen LogP contribution in [0.2, 0.25) is 0 Å². The minimum atomic E-state index is -5.56. The Bertz CT molecular complexity index is 268. The Morgan fingerprint density at radius 2 is 1.33 bits per heavy atom. The minimum absolute atomic E-state index is 0. The summed E-state index contributed by atoms with van der Waals surface area (Å²) in [6.07, 6.45) is 0. The molecule has 12 heavy (non-hydrogen) atoms. The van der Waals surface area contributed by atoms with Gasteiger partial charge >= 0.3 is 113 Å². The van der Waals surface area contributed by atoms with Crippen LogP contribution in [0.15, 0.2) is 0 Å². The second-order valence-electron chi connectivity index (χ2n) is 1.11. The van der Waals surface area contributed by atoms with E-state index in [1.165, 1.54) is 0 Å². The minimum Gasteiger partial charge on any atom is -0.733 e. The van der Waals surface area contributed by atoms with E-state index < -0.39 is 24.5 Å². The van der Waals surface area contributed by atoms with E-state index in [2.05, 4.69) is 0 Å². The van der Waals surface area contributed by atoms with Crippen LogP contribution in [0.5, 0.6) is 0 Å². The maximum absolute atomic E-state index is 9.63. The molecular weight excluding hydrogens is 268 g/mol. The molecule has 0 aliphatic carbocycles. The Morgan fingerprint density at radius 1 is 1.08 bits per heavy atom. The third-order valence-corrected chi connectivity index (χ3v) is 2.28. The molecule has 2 N–H and O–H groups in total. The van der Waals surface area contributed by atoms with Gasteiger partial charge in [0.05, 0.1) is 0 Å². The van der Waals surface area contributed by atoms with Gasteiger partial charge in [0.2, 0.25) is 10.3 Å². The van der Waals surface area contributed by atoms with Crippen LogP contribution in [0.1, 0.15) is 0 Å². The summed E-state index contributed by atoms with van der Waals surface area (Å²) in [4.78, 5) is 0. The van der Waals surface area contributed by atoms with E-state index in [0.29, 0.717) is 0 Å². The maximum atomic E-state index is 9.63. The van der Waals surface area contributed by atoms with Gasteiger partial charge in [0.1, 0.15) is 0 Å². The van der Waals surface area contributed by atoms with Gasteiger partial charge in [0.25, 0.3) is 0 Å². The van der Waals surface area contributed by atoms with E-state index in [9.17, 15) is 21.4 Å². The average Bonchev–Trinajstić information content (AvgIpc) is 1.59. The Balaban J connectivity index is -0.000000405. The van der Waals surface area contributed by atoms with E-state index in [-0.39, 0.29) is 103 Å². The van der Waals surface area contributed by atoms with Crippen LogP contribution >= 0.6 is 0 Å². The number of rotatable bonds is 2. The summed E-state index contributed by atoms with van der Waals surface area (Å²) < 4.78 is 53.9. The van der Waals surface area contributed by atoms with Gasteiger partial charge in [-0.15, -0.1) is 0 Å². The Kier molecular flexibility index (Phi) is 12.4.